The van der Waals surface area contributed by atoms with E-state index in [9.17, 15) is 19.8 Å². The Morgan fingerprint density at radius 3 is 2.85 bits per heavy atom. The number of phenolic OH excluding ortho intramolecular Hbond substituents is 1. The average molecular weight is 375 g/mol. The number of nitrogens with one attached hydrogen (secondary N) is 1. The molecule has 0 aromatic heterocycles. The Morgan fingerprint density at radius 2 is 2.07 bits per heavy atom. The SMILES string of the molecule is CC(=O)N/C=C/CC1C[C@H]2C[C@H](O)C[C@H](Cc3cccc(O)c3C(=O)O1)O2. The normalized spacial score (nSPS) is 28.3. The topological polar surface area (TPSA) is 105 Å². The minimum atomic E-state index is -0.568. The first kappa shape index (κ1) is 19.4. The van der Waals surface area contributed by atoms with Crippen LogP contribution in [0.1, 0.15) is 48.5 Å². The van der Waals surface area contributed by atoms with Crippen molar-refractivity contribution in [1.29, 1.82) is 0 Å². The number of carbonyl (C=O) groups excluding carboxylic acids is 2. The van der Waals surface area contributed by atoms with Crippen molar-refractivity contribution in [2.45, 2.75) is 63.4 Å². The van der Waals surface area contributed by atoms with Crippen LogP contribution in [0.4, 0.5) is 0 Å². The van der Waals surface area contributed by atoms with Crippen LogP contribution in [0.2, 0.25) is 0 Å². The van der Waals surface area contributed by atoms with E-state index >= 15 is 0 Å². The first-order valence-electron chi connectivity index (χ1n) is 9.20. The molecular weight excluding hydrogens is 350 g/mol. The number of carbonyl (C=O) groups is 2. The Kier molecular flexibility index (Phi) is 6.13. The van der Waals surface area contributed by atoms with Gasteiger partial charge in [0, 0.05) is 19.8 Å². The third-order valence-corrected chi connectivity index (χ3v) is 4.84. The van der Waals surface area contributed by atoms with Gasteiger partial charge in [-0.15, -0.1) is 0 Å². The number of cyclic esters (lactones) is 1. The summed E-state index contributed by atoms with van der Waals surface area (Å²) >= 11 is 0. The smallest absolute Gasteiger partial charge is 0.342 e. The van der Waals surface area contributed by atoms with Gasteiger partial charge in [-0.3, -0.25) is 4.79 Å². The number of benzene rings is 1. The van der Waals surface area contributed by atoms with E-state index in [2.05, 4.69) is 5.32 Å². The van der Waals surface area contributed by atoms with E-state index in [0.29, 0.717) is 37.7 Å². The van der Waals surface area contributed by atoms with Crippen LogP contribution in [0.3, 0.4) is 0 Å². The number of rotatable bonds is 3. The van der Waals surface area contributed by atoms with Crippen molar-refractivity contribution in [3.05, 3.63) is 41.6 Å². The molecule has 1 unspecified atom stereocenters. The van der Waals surface area contributed by atoms with Crippen molar-refractivity contribution in [2.24, 2.45) is 0 Å². The summed E-state index contributed by atoms with van der Waals surface area (Å²) in [5.41, 5.74) is 0.794. The molecule has 3 rings (SSSR count). The van der Waals surface area contributed by atoms with Gasteiger partial charge in [-0.25, -0.2) is 4.79 Å². The molecule has 7 heteroatoms. The largest absolute Gasteiger partial charge is 0.507 e. The summed E-state index contributed by atoms with van der Waals surface area (Å²) in [7, 11) is 0. The highest BCUT2D eigenvalue weighted by Crippen LogP contribution is 2.32. The highest BCUT2D eigenvalue weighted by atomic mass is 16.5. The van der Waals surface area contributed by atoms with Crippen LogP contribution >= 0.6 is 0 Å². The Morgan fingerprint density at radius 1 is 1.30 bits per heavy atom. The third-order valence-electron chi connectivity index (χ3n) is 4.84. The predicted octanol–water partition coefficient (Wildman–Crippen LogP) is 1.81. The maximum absolute atomic E-state index is 12.7. The Balaban J connectivity index is 1.85. The molecule has 7 nitrogen and oxygen atoms in total. The van der Waals surface area contributed by atoms with Crippen molar-refractivity contribution in [3.8, 4) is 5.75 Å². The van der Waals surface area contributed by atoms with Crippen LogP contribution in [-0.2, 0) is 20.7 Å². The summed E-state index contributed by atoms with van der Waals surface area (Å²) in [6.45, 7) is 1.41. The summed E-state index contributed by atoms with van der Waals surface area (Å²) in [5.74, 6) is -0.880. The lowest BCUT2D eigenvalue weighted by atomic mass is 9.91. The molecule has 1 aromatic rings. The predicted molar refractivity (Wildman–Crippen MR) is 97.1 cm³/mol. The zero-order valence-corrected chi connectivity index (χ0v) is 15.3. The van der Waals surface area contributed by atoms with Gasteiger partial charge in [0.15, 0.2) is 0 Å². The molecule has 2 bridgehead atoms. The summed E-state index contributed by atoms with van der Waals surface area (Å²) < 4.78 is 11.8. The fourth-order valence-electron chi connectivity index (χ4n) is 3.70. The lowest BCUT2D eigenvalue weighted by molar-refractivity contribution is -0.118. The standard InChI is InChI=1S/C20H25NO6/c1-12(22)21-7-3-5-15-11-17-10-14(23)9-16(26-17)8-13-4-2-6-18(24)19(13)20(25)27-15/h2-4,6-7,14-17,23-24H,5,8-11H2,1H3,(H,21,22)/b7-3+/t14-,15?,16+,17-/m1/s1. The van der Waals surface area contributed by atoms with Crippen LogP contribution in [0.15, 0.2) is 30.5 Å². The van der Waals surface area contributed by atoms with Gasteiger partial charge in [0.1, 0.15) is 17.4 Å². The number of hydrogen-bond donors (Lipinski definition) is 3. The monoisotopic (exact) mass is 375 g/mol. The van der Waals surface area contributed by atoms with Gasteiger partial charge in [-0.1, -0.05) is 18.2 Å². The minimum absolute atomic E-state index is 0.126. The molecular formula is C20H25NO6. The second kappa shape index (κ2) is 8.54. The molecule has 146 valence electrons. The average Bonchev–Trinajstić information content (AvgIpc) is 2.57. The van der Waals surface area contributed by atoms with Gasteiger partial charge in [-0.2, -0.15) is 0 Å². The molecule has 2 heterocycles. The summed E-state index contributed by atoms with van der Waals surface area (Å²) in [6, 6.07) is 4.90. The second-order valence-electron chi connectivity index (χ2n) is 7.12. The Hall–Kier alpha value is -2.38. The molecule has 2 aliphatic rings. The lowest BCUT2D eigenvalue weighted by Gasteiger charge is -2.36. The highest BCUT2D eigenvalue weighted by molar-refractivity contribution is 5.94. The number of ether oxygens (including phenoxy) is 2. The molecule has 1 fully saturated rings. The molecule has 1 amide bonds. The van der Waals surface area contributed by atoms with E-state index in [1.54, 1.807) is 18.2 Å². The van der Waals surface area contributed by atoms with Gasteiger partial charge < -0.3 is 25.0 Å². The Labute approximate surface area is 158 Å². The van der Waals surface area contributed by atoms with Crippen molar-refractivity contribution >= 4 is 11.9 Å². The van der Waals surface area contributed by atoms with Gasteiger partial charge in [-0.05, 0) is 37.1 Å². The van der Waals surface area contributed by atoms with Crippen molar-refractivity contribution in [2.75, 3.05) is 0 Å². The van der Waals surface area contributed by atoms with Gasteiger partial charge in [0.2, 0.25) is 5.91 Å². The van der Waals surface area contributed by atoms with Crippen LogP contribution in [0, 0.1) is 0 Å². The maximum atomic E-state index is 12.7. The van der Waals surface area contributed by atoms with Crippen molar-refractivity contribution in [3.63, 3.8) is 0 Å². The highest BCUT2D eigenvalue weighted by Gasteiger charge is 2.34. The zero-order chi connectivity index (χ0) is 19.4. The third kappa shape index (κ3) is 5.08. The quantitative estimate of drug-likeness (QED) is 0.696. The minimum Gasteiger partial charge on any atom is -0.507 e. The molecule has 0 saturated carbocycles. The number of hydrogen-bond acceptors (Lipinski definition) is 6. The second-order valence-corrected chi connectivity index (χ2v) is 7.12. The van der Waals surface area contributed by atoms with Gasteiger partial charge >= 0.3 is 5.97 Å². The molecule has 0 spiro atoms. The number of esters is 1. The Bertz CT molecular complexity index is 731. The number of aromatic hydroxyl groups is 1. The molecule has 1 aromatic carbocycles. The van der Waals surface area contributed by atoms with E-state index in [0.717, 1.165) is 0 Å². The van der Waals surface area contributed by atoms with Crippen LogP contribution in [0.5, 0.6) is 5.75 Å². The van der Waals surface area contributed by atoms with E-state index in [1.807, 2.05) is 0 Å². The van der Waals surface area contributed by atoms with Crippen LogP contribution in [-0.4, -0.2) is 46.5 Å². The van der Waals surface area contributed by atoms with E-state index in [-0.39, 0.29) is 29.4 Å². The molecule has 1 saturated heterocycles. The number of aliphatic hydroxyl groups excluding tert-OH is 1. The van der Waals surface area contributed by atoms with E-state index in [1.165, 1.54) is 19.2 Å². The van der Waals surface area contributed by atoms with Crippen LogP contribution < -0.4 is 5.32 Å². The molecule has 0 aliphatic carbocycles. The van der Waals surface area contributed by atoms with E-state index in [4.69, 9.17) is 9.47 Å². The summed E-state index contributed by atoms with van der Waals surface area (Å²) in [5, 5.41) is 23.0. The molecule has 3 N–H and O–H groups in total. The number of phenols is 1. The van der Waals surface area contributed by atoms with Crippen LogP contribution in [0.25, 0.3) is 0 Å². The number of fused-ring (bicyclic) bond motifs is 3. The fraction of sp³-hybridized carbons (Fsp3) is 0.500. The fourth-order valence-corrected chi connectivity index (χ4v) is 3.70. The first-order valence-corrected chi connectivity index (χ1v) is 9.20. The summed E-state index contributed by atoms with van der Waals surface area (Å²) in [4.78, 5) is 23.7. The summed E-state index contributed by atoms with van der Waals surface area (Å²) in [6.07, 6.45) is 4.06. The number of amides is 1. The number of aliphatic hydroxyl groups is 1. The van der Waals surface area contributed by atoms with E-state index < -0.39 is 18.2 Å². The van der Waals surface area contributed by atoms with Gasteiger partial charge in [0.05, 0.1) is 18.3 Å². The molecule has 4 atom stereocenters. The maximum Gasteiger partial charge on any atom is 0.342 e. The first-order chi connectivity index (χ1) is 12.9. The molecule has 27 heavy (non-hydrogen) atoms. The van der Waals surface area contributed by atoms with Crippen molar-refractivity contribution in [1.82, 2.24) is 5.32 Å². The molecule has 0 radical (unpaired) electrons. The van der Waals surface area contributed by atoms with Gasteiger partial charge in [0.25, 0.3) is 0 Å². The van der Waals surface area contributed by atoms with Crippen molar-refractivity contribution < 1.29 is 29.3 Å². The zero-order valence-electron chi connectivity index (χ0n) is 15.3. The lowest BCUT2D eigenvalue weighted by Crippen LogP contribution is -2.40. The molecule has 2 aliphatic heterocycles.